The molecular weight excluding hydrogens is 528 g/mol. The van der Waals surface area contributed by atoms with Gasteiger partial charge in [-0.15, -0.1) is 0 Å². The summed E-state index contributed by atoms with van der Waals surface area (Å²) in [5, 5.41) is 5.91. The number of benzene rings is 3. The van der Waals surface area contributed by atoms with E-state index >= 15 is 0 Å². The van der Waals surface area contributed by atoms with E-state index in [0.717, 1.165) is 40.8 Å². The lowest BCUT2D eigenvalue weighted by atomic mass is 9.84. The Bertz CT molecular complexity index is 1260. The van der Waals surface area contributed by atoms with Crippen LogP contribution in [-0.4, -0.2) is 35.8 Å². The van der Waals surface area contributed by atoms with Crippen LogP contribution in [0, 0.1) is 5.92 Å². The van der Waals surface area contributed by atoms with Crippen molar-refractivity contribution in [3.05, 3.63) is 94.5 Å². The monoisotopic (exact) mass is 560 g/mol. The number of amides is 2. The normalized spacial score (nSPS) is 16.7. The SMILES string of the molecule is CC(C)N1CCC(C(C(=O)Nc2ccc(Br)cc2)c2ccc(C=CC(=O)Nc3ccccc3N)cc2)C1. The number of nitrogens with one attached hydrogen (secondary N) is 2. The van der Waals surface area contributed by atoms with Crippen LogP contribution in [0.25, 0.3) is 6.08 Å². The number of carbonyl (C=O) groups excluding carboxylic acids is 2. The van der Waals surface area contributed by atoms with Crippen molar-refractivity contribution < 1.29 is 9.59 Å². The fraction of sp³-hybridized carbons (Fsp3) is 0.267. The number of halogens is 1. The molecule has 1 aliphatic rings. The summed E-state index contributed by atoms with van der Waals surface area (Å²) in [5.41, 5.74) is 9.63. The number of hydrogen-bond donors (Lipinski definition) is 3. The van der Waals surface area contributed by atoms with Gasteiger partial charge in [0.15, 0.2) is 0 Å². The van der Waals surface area contributed by atoms with Gasteiger partial charge in [0, 0.05) is 28.8 Å². The zero-order valence-electron chi connectivity index (χ0n) is 21.2. The van der Waals surface area contributed by atoms with Gasteiger partial charge in [0.2, 0.25) is 11.8 Å². The molecule has 0 aliphatic carbocycles. The molecule has 0 aromatic heterocycles. The van der Waals surface area contributed by atoms with Crippen LogP contribution in [0.2, 0.25) is 0 Å². The van der Waals surface area contributed by atoms with Gasteiger partial charge in [-0.1, -0.05) is 52.3 Å². The molecule has 192 valence electrons. The maximum Gasteiger partial charge on any atom is 0.248 e. The Kier molecular flexibility index (Phi) is 8.79. The third-order valence-electron chi connectivity index (χ3n) is 6.79. The topological polar surface area (TPSA) is 87.5 Å². The average molecular weight is 562 g/mol. The number of carbonyl (C=O) groups is 2. The second kappa shape index (κ2) is 12.2. The molecule has 0 bridgehead atoms. The van der Waals surface area contributed by atoms with Crippen molar-refractivity contribution in [3.8, 4) is 0 Å². The highest BCUT2D eigenvalue weighted by atomic mass is 79.9. The first-order valence-electron chi connectivity index (χ1n) is 12.5. The van der Waals surface area contributed by atoms with Gasteiger partial charge < -0.3 is 21.3 Å². The first-order valence-corrected chi connectivity index (χ1v) is 13.3. The quantitative estimate of drug-likeness (QED) is 0.228. The summed E-state index contributed by atoms with van der Waals surface area (Å²) in [4.78, 5) is 28.3. The molecule has 1 fully saturated rings. The van der Waals surface area contributed by atoms with Crippen LogP contribution >= 0.6 is 15.9 Å². The Hall–Kier alpha value is -3.42. The Morgan fingerprint density at radius 1 is 1.00 bits per heavy atom. The fourth-order valence-electron chi connectivity index (χ4n) is 4.72. The molecule has 2 atom stereocenters. The van der Waals surface area contributed by atoms with E-state index < -0.39 is 0 Å². The van der Waals surface area contributed by atoms with Crippen LogP contribution in [0.15, 0.2) is 83.3 Å². The fourth-order valence-corrected chi connectivity index (χ4v) is 4.98. The van der Waals surface area contributed by atoms with E-state index in [1.165, 1.54) is 6.08 Å². The number of rotatable bonds is 8. The molecule has 2 amide bonds. The summed E-state index contributed by atoms with van der Waals surface area (Å²) in [5.74, 6) is -0.300. The van der Waals surface area contributed by atoms with Gasteiger partial charge in [-0.05, 0) is 86.3 Å². The summed E-state index contributed by atoms with van der Waals surface area (Å²) < 4.78 is 0.968. The van der Waals surface area contributed by atoms with Gasteiger partial charge in [0.05, 0.1) is 17.3 Å². The minimum atomic E-state index is -0.269. The Morgan fingerprint density at radius 2 is 1.70 bits per heavy atom. The highest BCUT2D eigenvalue weighted by Gasteiger charge is 2.35. The Morgan fingerprint density at radius 3 is 2.35 bits per heavy atom. The highest BCUT2D eigenvalue weighted by Crippen LogP contribution is 2.34. The van der Waals surface area contributed by atoms with Gasteiger partial charge in [0.1, 0.15) is 0 Å². The molecule has 1 aliphatic heterocycles. The maximum atomic E-state index is 13.5. The maximum absolute atomic E-state index is 13.5. The Labute approximate surface area is 227 Å². The number of nitrogen functional groups attached to an aromatic ring is 1. The second-order valence-electron chi connectivity index (χ2n) is 9.69. The summed E-state index contributed by atoms with van der Waals surface area (Å²) in [6.45, 7) is 6.28. The van der Waals surface area contributed by atoms with Gasteiger partial charge >= 0.3 is 0 Å². The second-order valence-corrected chi connectivity index (χ2v) is 10.6. The summed E-state index contributed by atoms with van der Waals surface area (Å²) in [6.07, 6.45) is 4.21. The van der Waals surface area contributed by atoms with E-state index in [1.807, 2.05) is 60.7 Å². The Balaban J connectivity index is 1.49. The lowest BCUT2D eigenvalue weighted by Gasteiger charge is -2.25. The molecule has 4 N–H and O–H groups in total. The first kappa shape index (κ1) is 26.6. The molecule has 7 heteroatoms. The molecule has 1 heterocycles. The smallest absolute Gasteiger partial charge is 0.248 e. The largest absolute Gasteiger partial charge is 0.397 e. The predicted octanol–water partition coefficient (Wildman–Crippen LogP) is 6.14. The first-order chi connectivity index (χ1) is 17.8. The van der Waals surface area contributed by atoms with Crippen molar-refractivity contribution in [3.63, 3.8) is 0 Å². The zero-order chi connectivity index (χ0) is 26.4. The minimum absolute atomic E-state index is 0.000971. The number of likely N-dealkylation sites (tertiary alicyclic amines) is 1. The van der Waals surface area contributed by atoms with Crippen molar-refractivity contribution in [2.75, 3.05) is 29.5 Å². The standard InChI is InChI=1S/C30H33BrN4O2/c1-20(2)35-18-17-23(19-35)29(30(37)33-25-14-12-24(31)13-15-25)22-10-7-21(8-11-22)9-16-28(36)34-27-6-4-3-5-26(27)32/h3-16,20,23,29H,17-19,32H2,1-2H3,(H,33,37)(H,34,36). The van der Waals surface area contributed by atoms with Gasteiger partial charge in [-0.3, -0.25) is 9.59 Å². The number of nitrogens with two attached hydrogens (primary N) is 1. The van der Waals surface area contributed by atoms with E-state index in [2.05, 4.69) is 45.3 Å². The number of para-hydroxylation sites is 2. The zero-order valence-corrected chi connectivity index (χ0v) is 22.7. The lowest BCUT2D eigenvalue weighted by Crippen LogP contribution is -2.32. The van der Waals surface area contributed by atoms with Crippen molar-refractivity contribution in [2.45, 2.75) is 32.2 Å². The van der Waals surface area contributed by atoms with Gasteiger partial charge in [0.25, 0.3) is 0 Å². The van der Waals surface area contributed by atoms with E-state index in [-0.39, 0.29) is 23.7 Å². The third kappa shape index (κ3) is 7.08. The number of nitrogens with zero attached hydrogens (tertiary/aromatic N) is 1. The van der Waals surface area contributed by atoms with Crippen LogP contribution in [0.4, 0.5) is 17.1 Å². The lowest BCUT2D eigenvalue weighted by molar-refractivity contribution is -0.118. The molecule has 1 saturated heterocycles. The van der Waals surface area contributed by atoms with Crippen LogP contribution in [0.3, 0.4) is 0 Å². The molecule has 6 nitrogen and oxygen atoms in total. The van der Waals surface area contributed by atoms with Crippen molar-refractivity contribution in [2.24, 2.45) is 5.92 Å². The molecule has 0 spiro atoms. The van der Waals surface area contributed by atoms with E-state index in [4.69, 9.17) is 5.73 Å². The van der Waals surface area contributed by atoms with E-state index in [9.17, 15) is 9.59 Å². The molecule has 3 aromatic rings. The summed E-state index contributed by atoms with van der Waals surface area (Å²) in [7, 11) is 0. The van der Waals surface area contributed by atoms with Gasteiger partial charge in [-0.2, -0.15) is 0 Å². The number of anilines is 3. The number of hydrogen-bond acceptors (Lipinski definition) is 4. The van der Waals surface area contributed by atoms with Crippen LogP contribution in [0.5, 0.6) is 0 Å². The average Bonchev–Trinajstić information content (AvgIpc) is 3.37. The van der Waals surface area contributed by atoms with Crippen molar-refractivity contribution >= 4 is 50.9 Å². The molecule has 0 radical (unpaired) electrons. The molecule has 37 heavy (non-hydrogen) atoms. The van der Waals surface area contributed by atoms with Crippen molar-refractivity contribution in [1.29, 1.82) is 0 Å². The minimum Gasteiger partial charge on any atom is -0.397 e. The molecule has 0 saturated carbocycles. The molecule has 4 rings (SSSR count). The highest BCUT2D eigenvalue weighted by molar-refractivity contribution is 9.10. The third-order valence-corrected chi connectivity index (χ3v) is 7.32. The van der Waals surface area contributed by atoms with Crippen molar-refractivity contribution in [1.82, 2.24) is 4.90 Å². The van der Waals surface area contributed by atoms with E-state index in [0.29, 0.717) is 17.4 Å². The summed E-state index contributed by atoms with van der Waals surface area (Å²) in [6, 6.07) is 23.1. The van der Waals surface area contributed by atoms with Gasteiger partial charge in [-0.25, -0.2) is 0 Å². The predicted molar refractivity (Wildman–Crippen MR) is 155 cm³/mol. The van der Waals surface area contributed by atoms with Crippen LogP contribution < -0.4 is 16.4 Å². The summed E-state index contributed by atoms with van der Waals surface area (Å²) >= 11 is 3.44. The van der Waals surface area contributed by atoms with Crippen LogP contribution in [0.1, 0.15) is 37.3 Å². The molecule has 3 aromatic carbocycles. The molecular formula is C30H33BrN4O2. The van der Waals surface area contributed by atoms with E-state index in [1.54, 1.807) is 18.2 Å². The molecule has 2 unspecified atom stereocenters. The van der Waals surface area contributed by atoms with Crippen LogP contribution in [-0.2, 0) is 9.59 Å².